The first kappa shape index (κ1) is 6.61. The van der Waals surface area contributed by atoms with Gasteiger partial charge in [0.2, 0.25) is 0 Å². The maximum absolute atomic E-state index is 10.5. The van der Waals surface area contributed by atoms with E-state index in [1.165, 1.54) is 15.8 Å². The lowest BCUT2D eigenvalue weighted by Gasteiger charge is -1.95. The average molecular weight is 127 g/mol. The number of hydrogen-bond acceptors (Lipinski definition) is 0. The van der Waals surface area contributed by atoms with Gasteiger partial charge < -0.3 is 0 Å². The summed E-state index contributed by atoms with van der Waals surface area (Å²) in [7, 11) is 0. The van der Waals surface area contributed by atoms with Crippen LogP contribution in [0.4, 0.5) is 0 Å². The predicted molar refractivity (Wildman–Crippen MR) is 34.9 cm³/mol. The molecule has 1 atom stereocenters. The molecule has 1 saturated heterocycles. The van der Waals surface area contributed by atoms with Gasteiger partial charge in [-0.2, -0.15) is 0 Å². The summed E-state index contributed by atoms with van der Waals surface area (Å²) >= 11 is -0.177. The third kappa shape index (κ3) is 2.72. The van der Waals surface area contributed by atoms with Gasteiger partial charge in [-0.05, 0) is 13.3 Å². The first-order valence-corrected chi connectivity index (χ1v) is 5.90. The van der Waals surface area contributed by atoms with Crippen molar-refractivity contribution in [2.45, 2.75) is 35.3 Å². The van der Waals surface area contributed by atoms with Gasteiger partial charge in [-0.15, -0.1) is 10.6 Å². The van der Waals surface area contributed by atoms with Crippen LogP contribution in [0.5, 0.6) is 0 Å². The van der Waals surface area contributed by atoms with Crippen LogP contribution in [0, 0.1) is 0 Å². The fraction of sp³-hybridized carbons (Fsp3) is 1.00. The molecule has 1 nitrogen and oxygen atoms in total. The molecule has 0 aliphatic carbocycles. The van der Waals surface area contributed by atoms with Gasteiger partial charge in [0.1, 0.15) is 0 Å². The zero-order valence-corrected chi connectivity index (χ0v) is 6.55. The Kier molecular flexibility index (Phi) is 2.37. The molecule has 0 aromatic carbocycles. The molecule has 1 aliphatic rings. The van der Waals surface area contributed by atoms with Crippen LogP contribution in [0.15, 0.2) is 0 Å². The largest absolute Gasteiger partial charge is 0.259 e. The van der Waals surface area contributed by atoms with Crippen molar-refractivity contribution in [2.75, 3.05) is 0 Å². The summed E-state index contributed by atoms with van der Waals surface area (Å²) in [5, 5.41) is 14.8. The summed E-state index contributed by atoms with van der Waals surface area (Å²) < 4.78 is 0. The van der Waals surface area contributed by atoms with Crippen LogP contribution in [0.1, 0.15) is 13.3 Å². The number of rotatable bonds is 3. The third-order valence-corrected chi connectivity index (χ3v) is 4.22. The molecule has 8 heavy (non-hydrogen) atoms. The molecule has 45 valence electrons. The van der Waals surface area contributed by atoms with Gasteiger partial charge in [0.25, 0.3) is 14.1 Å². The first-order valence-electron chi connectivity index (χ1n) is 3.45. The highest BCUT2D eigenvalue weighted by molar-refractivity contribution is 6.69. The van der Waals surface area contributed by atoms with Crippen LogP contribution in [-0.2, 0) is 5.11 Å². The molecule has 1 heterocycles. The maximum atomic E-state index is 10.5. The first-order chi connectivity index (χ1) is 3.79. The number of hydrogen-bond donors (Lipinski definition) is 0. The lowest BCUT2D eigenvalue weighted by Crippen LogP contribution is -1.99. The average Bonchev–Trinajstić information content (AvgIpc) is 2.41. The molecule has 1 fully saturated rings. The van der Waals surface area contributed by atoms with E-state index < -0.39 is 0 Å². The van der Waals surface area contributed by atoms with Crippen molar-refractivity contribution in [3.63, 3.8) is 0 Å². The minimum absolute atomic E-state index is 0.177. The summed E-state index contributed by atoms with van der Waals surface area (Å²) in [6.45, 7) is 1.77. The standard InChI is InChI=1S/C4H8O.C2H4.Al/c1-3-4(2)5;1-2;/h4H,1,3H2,2H3;1-2H2;. The van der Waals surface area contributed by atoms with Crippen LogP contribution in [0.2, 0.25) is 15.8 Å². The smallest absolute Gasteiger partial charge is 0.233 e. The second kappa shape index (κ2) is 2.87. The highest BCUT2D eigenvalue weighted by Gasteiger charge is 2.28. The zero-order valence-electron chi connectivity index (χ0n) is 5.39. The molecule has 0 spiro atoms. The Morgan fingerprint density at radius 3 is 2.62 bits per heavy atom. The van der Waals surface area contributed by atoms with Crippen molar-refractivity contribution in [1.29, 1.82) is 0 Å². The monoisotopic (exact) mass is 127 g/mol. The fourth-order valence-electron chi connectivity index (χ4n) is 0.877. The van der Waals surface area contributed by atoms with Gasteiger partial charge in [0.05, 0.1) is 6.10 Å². The lowest BCUT2D eigenvalue weighted by atomic mass is 10.3. The van der Waals surface area contributed by atoms with Gasteiger partial charge in [-0.25, -0.2) is 5.11 Å². The molecule has 1 aliphatic heterocycles. The second-order valence-electron chi connectivity index (χ2n) is 2.83. The van der Waals surface area contributed by atoms with Crippen molar-refractivity contribution >= 4 is 14.1 Å². The Hall–Kier alpha value is 0.492. The SMILES string of the molecule is CC([O])C[CH2][Al]1[CH2][CH2]1. The topological polar surface area (TPSA) is 19.9 Å². The summed E-state index contributed by atoms with van der Waals surface area (Å²) in [6, 6.07) is 0. The minimum Gasteiger partial charge on any atom is -0.233 e. The Morgan fingerprint density at radius 1 is 1.62 bits per heavy atom. The van der Waals surface area contributed by atoms with E-state index in [-0.39, 0.29) is 20.3 Å². The summed E-state index contributed by atoms with van der Waals surface area (Å²) in [5.74, 6) is 0. The van der Waals surface area contributed by atoms with E-state index in [0.29, 0.717) is 0 Å². The van der Waals surface area contributed by atoms with Gasteiger partial charge in [0.15, 0.2) is 0 Å². The third-order valence-electron chi connectivity index (χ3n) is 1.68. The van der Waals surface area contributed by atoms with Crippen LogP contribution < -0.4 is 0 Å². The summed E-state index contributed by atoms with van der Waals surface area (Å²) in [5.41, 5.74) is 0. The van der Waals surface area contributed by atoms with E-state index in [4.69, 9.17) is 0 Å². The molecule has 0 saturated carbocycles. The van der Waals surface area contributed by atoms with Crippen LogP contribution in [-0.4, -0.2) is 20.3 Å². The Bertz CT molecular complexity index is 66.9. The molecule has 1 rings (SSSR count). The van der Waals surface area contributed by atoms with Crippen LogP contribution in [0.25, 0.3) is 0 Å². The highest BCUT2D eigenvalue weighted by atomic mass is 27.2. The molecule has 1 radical (unpaired) electrons. The van der Waals surface area contributed by atoms with E-state index in [0.717, 1.165) is 6.42 Å². The summed E-state index contributed by atoms with van der Waals surface area (Å²) in [6.07, 6.45) is 0.666. The normalized spacial score (nSPS) is 21.0. The van der Waals surface area contributed by atoms with Gasteiger partial charge in [-0.3, -0.25) is 0 Å². The summed E-state index contributed by atoms with van der Waals surface area (Å²) in [4.78, 5) is 0. The fourth-order valence-corrected chi connectivity index (χ4v) is 3.34. The Morgan fingerprint density at radius 2 is 2.25 bits per heavy atom. The molecule has 0 bridgehead atoms. The van der Waals surface area contributed by atoms with Crippen molar-refractivity contribution < 1.29 is 5.11 Å². The van der Waals surface area contributed by atoms with Crippen molar-refractivity contribution in [3.05, 3.63) is 0 Å². The quantitative estimate of drug-likeness (QED) is 0.514. The molecule has 0 aromatic rings. The maximum Gasteiger partial charge on any atom is 0.259 e. The highest BCUT2D eigenvalue weighted by Crippen LogP contribution is 2.26. The van der Waals surface area contributed by atoms with Gasteiger partial charge in [-0.1, -0.05) is 5.28 Å². The van der Waals surface area contributed by atoms with E-state index >= 15 is 0 Å². The van der Waals surface area contributed by atoms with Crippen LogP contribution >= 0.6 is 0 Å². The zero-order chi connectivity index (χ0) is 5.98. The molecule has 0 amide bonds. The van der Waals surface area contributed by atoms with E-state index in [2.05, 4.69) is 0 Å². The Labute approximate surface area is 55.1 Å². The van der Waals surface area contributed by atoms with Gasteiger partial charge >= 0.3 is 0 Å². The Balaban J connectivity index is 1.87. The van der Waals surface area contributed by atoms with E-state index in [1.54, 1.807) is 6.92 Å². The van der Waals surface area contributed by atoms with Crippen molar-refractivity contribution in [3.8, 4) is 0 Å². The molecular formula is C6H12AlO. The van der Waals surface area contributed by atoms with E-state index in [1.807, 2.05) is 0 Å². The lowest BCUT2D eigenvalue weighted by molar-refractivity contribution is 0.102. The van der Waals surface area contributed by atoms with Crippen molar-refractivity contribution in [1.82, 2.24) is 0 Å². The van der Waals surface area contributed by atoms with Crippen LogP contribution in [0.3, 0.4) is 0 Å². The minimum atomic E-state index is -0.289. The van der Waals surface area contributed by atoms with Crippen molar-refractivity contribution in [2.24, 2.45) is 0 Å². The molecule has 1 unspecified atom stereocenters. The molecule has 0 aromatic heterocycles. The molecule has 0 N–H and O–H groups in total. The predicted octanol–water partition coefficient (Wildman–Crippen LogP) is 1.70. The second-order valence-corrected chi connectivity index (χ2v) is 6.30. The molecule has 2 heteroatoms. The van der Waals surface area contributed by atoms with Gasteiger partial charge in [0, 0.05) is 0 Å². The molecular weight excluding hydrogens is 115 g/mol. The van der Waals surface area contributed by atoms with E-state index in [9.17, 15) is 5.11 Å².